The lowest BCUT2D eigenvalue weighted by Crippen LogP contribution is -1.94. The summed E-state index contributed by atoms with van der Waals surface area (Å²) in [5.41, 5.74) is 0.869. The van der Waals surface area contributed by atoms with Crippen molar-refractivity contribution in [1.29, 1.82) is 0 Å². The number of para-hydroxylation sites is 1. The second-order valence-corrected chi connectivity index (χ2v) is 7.54. The monoisotopic (exact) mass is 392 g/mol. The van der Waals surface area contributed by atoms with Gasteiger partial charge in [-0.25, -0.2) is 9.97 Å². The number of benzene rings is 1. The van der Waals surface area contributed by atoms with Crippen LogP contribution in [0, 0.1) is 0 Å². The van der Waals surface area contributed by atoms with Crippen LogP contribution in [0.2, 0.25) is 0 Å². The lowest BCUT2D eigenvalue weighted by atomic mass is 10.2. The summed E-state index contributed by atoms with van der Waals surface area (Å²) >= 11 is 3.12. The lowest BCUT2D eigenvalue weighted by molar-refractivity contribution is 0.426. The molecule has 0 aliphatic carbocycles. The van der Waals surface area contributed by atoms with E-state index in [1.165, 1.54) is 0 Å². The van der Waals surface area contributed by atoms with E-state index >= 15 is 0 Å². The molecule has 6 nitrogen and oxygen atoms in total. The Morgan fingerprint density at radius 2 is 1.93 bits per heavy atom. The van der Waals surface area contributed by atoms with Gasteiger partial charge in [0.2, 0.25) is 0 Å². The van der Waals surface area contributed by atoms with Gasteiger partial charge in [0.1, 0.15) is 5.03 Å². The summed E-state index contributed by atoms with van der Waals surface area (Å²) in [6.07, 6.45) is 1.62. The number of rotatable bonds is 5. The molecule has 0 radical (unpaired) electrons. The second kappa shape index (κ2) is 6.98. The van der Waals surface area contributed by atoms with Crippen LogP contribution in [0.25, 0.3) is 33.3 Å². The maximum atomic E-state index is 5.46. The van der Waals surface area contributed by atoms with Crippen molar-refractivity contribution in [3.05, 3.63) is 66.0 Å². The SMILES string of the molecule is c1coc(-c2nc(SCc3noc(-c4cccs4)n3)c3ccccc3n2)c1. The fraction of sp³-hybridized carbons (Fsp3) is 0.0526. The first-order chi connectivity index (χ1) is 13.4. The van der Waals surface area contributed by atoms with Crippen LogP contribution >= 0.6 is 23.1 Å². The van der Waals surface area contributed by atoms with E-state index in [9.17, 15) is 0 Å². The summed E-state index contributed by atoms with van der Waals surface area (Å²) in [6, 6.07) is 15.5. The van der Waals surface area contributed by atoms with E-state index in [0.717, 1.165) is 20.8 Å². The summed E-state index contributed by atoms with van der Waals surface area (Å²) in [4.78, 5) is 14.7. The number of hydrogen-bond acceptors (Lipinski definition) is 8. The van der Waals surface area contributed by atoms with Gasteiger partial charge < -0.3 is 8.94 Å². The predicted molar refractivity (Wildman–Crippen MR) is 104 cm³/mol. The maximum absolute atomic E-state index is 5.46. The van der Waals surface area contributed by atoms with E-state index in [0.29, 0.717) is 29.1 Å². The molecule has 0 unspecified atom stereocenters. The topological polar surface area (TPSA) is 77.8 Å². The number of hydrogen-bond donors (Lipinski definition) is 0. The molecule has 4 heterocycles. The Bertz CT molecular complexity index is 1180. The number of fused-ring (bicyclic) bond motifs is 1. The van der Waals surface area contributed by atoms with Crippen LogP contribution in [0.4, 0.5) is 0 Å². The standard InChI is InChI=1S/C19H12N4O2S2/c1-2-6-13-12(5-1)19(22-17(20-13)14-7-3-9-24-14)27-11-16-21-18(25-23-16)15-8-4-10-26-15/h1-10H,11H2. The lowest BCUT2D eigenvalue weighted by Gasteiger charge is -2.06. The van der Waals surface area contributed by atoms with Gasteiger partial charge in [0.15, 0.2) is 17.4 Å². The summed E-state index contributed by atoms with van der Waals surface area (Å²) in [5, 5.41) is 7.90. The molecule has 0 bridgehead atoms. The van der Waals surface area contributed by atoms with E-state index in [1.54, 1.807) is 29.4 Å². The number of thioether (sulfide) groups is 1. The van der Waals surface area contributed by atoms with Crippen LogP contribution in [0.5, 0.6) is 0 Å². The molecule has 0 spiro atoms. The molecule has 5 rings (SSSR count). The van der Waals surface area contributed by atoms with Crippen molar-refractivity contribution >= 4 is 34.0 Å². The molecule has 0 aliphatic rings. The molecule has 0 aliphatic heterocycles. The van der Waals surface area contributed by atoms with Crippen LogP contribution in [-0.2, 0) is 5.75 Å². The molecule has 0 fully saturated rings. The van der Waals surface area contributed by atoms with Gasteiger partial charge in [-0.1, -0.05) is 41.2 Å². The van der Waals surface area contributed by atoms with Crippen LogP contribution in [0.1, 0.15) is 5.82 Å². The van der Waals surface area contributed by atoms with E-state index in [4.69, 9.17) is 8.94 Å². The Hall–Kier alpha value is -2.97. The number of furan rings is 1. The molecule has 4 aromatic heterocycles. The largest absolute Gasteiger partial charge is 0.461 e. The molecule has 8 heteroatoms. The highest BCUT2D eigenvalue weighted by molar-refractivity contribution is 7.98. The number of thiophene rings is 1. The summed E-state index contributed by atoms with van der Waals surface area (Å²) < 4.78 is 10.8. The van der Waals surface area contributed by atoms with Crippen LogP contribution in [0.3, 0.4) is 0 Å². The molecule has 1 aromatic carbocycles. The minimum Gasteiger partial charge on any atom is -0.461 e. The number of nitrogens with zero attached hydrogens (tertiary/aromatic N) is 4. The molecule has 0 N–H and O–H groups in total. The fourth-order valence-electron chi connectivity index (χ4n) is 2.62. The quantitative estimate of drug-likeness (QED) is 0.297. The molecule has 132 valence electrons. The van der Waals surface area contributed by atoms with Crippen LogP contribution in [-0.4, -0.2) is 20.1 Å². The minimum atomic E-state index is 0.546. The van der Waals surface area contributed by atoms with E-state index in [1.807, 2.05) is 53.9 Å². The predicted octanol–water partition coefficient (Wildman–Crippen LogP) is 5.29. The zero-order valence-corrected chi connectivity index (χ0v) is 15.5. The van der Waals surface area contributed by atoms with Crippen molar-refractivity contribution < 1.29 is 8.94 Å². The zero-order valence-electron chi connectivity index (χ0n) is 13.9. The Morgan fingerprint density at radius 3 is 2.78 bits per heavy atom. The first-order valence-corrected chi connectivity index (χ1v) is 10.0. The second-order valence-electron chi connectivity index (χ2n) is 5.63. The molecule has 0 saturated carbocycles. The van der Waals surface area contributed by atoms with Crippen molar-refractivity contribution in [3.8, 4) is 22.4 Å². The zero-order chi connectivity index (χ0) is 18.1. The highest BCUT2D eigenvalue weighted by Crippen LogP contribution is 2.31. The van der Waals surface area contributed by atoms with Gasteiger partial charge in [0.25, 0.3) is 5.89 Å². The average molecular weight is 392 g/mol. The molecule has 0 saturated heterocycles. The molecule has 0 amide bonds. The van der Waals surface area contributed by atoms with Gasteiger partial charge in [-0.3, -0.25) is 0 Å². The van der Waals surface area contributed by atoms with Crippen LogP contribution < -0.4 is 0 Å². The first-order valence-electron chi connectivity index (χ1n) is 8.17. The third kappa shape index (κ3) is 3.24. The highest BCUT2D eigenvalue weighted by Gasteiger charge is 2.14. The fourth-order valence-corrected chi connectivity index (χ4v) is 4.13. The smallest absolute Gasteiger partial charge is 0.268 e. The Labute approximate surface area is 162 Å². The Morgan fingerprint density at radius 1 is 0.963 bits per heavy atom. The molecule has 27 heavy (non-hydrogen) atoms. The normalized spacial score (nSPS) is 11.3. The average Bonchev–Trinajstić information content (AvgIpc) is 3.48. The van der Waals surface area contributed by atoms with Gasteiger partial charge in [0.05, 0.1) is 22.4 Å². The van der Waals surface area contributed by atoms with Crippen molar-refractivity contribution in [1.82, 2.24) is 20.1 Å². The van der Waals surface area contributed by atoms with Crippen molar-refractivity contribution in [2.45, 2.75) is 10.8 Å². The van der Waals surface area contributed by atoms with Gasteiger partial charge in [-0.2, -0.15) is 4.98 Å². The van der Waals surface area contributed by atoms with Crippen LogP contribution in [0.15, 0.2) is 74.1 Å². The van der Waals surface area contributed by atoms with E-state index < -0.39 is 0 Å². The molecular weight excluding hydrogens is 380 g/mol. The third-order valence-electron chi connectivity index (χ3n) is 3.85. The summed E-state index contributed by atoms with van der Waals surface area (Å²) in [7, 11) is 0. The highest BCUT2D eigenvalue weighted by atomic mass is 32.2. The number of aromatic nitrogens is 4. The van der Waals surface area contributed by atoms with Gasteiger partial charge >= 0.3 is 0 Å². The molecular formula is C19H12N4O2S2. The van der Waals surface area contributed by atoms with Crippen molar-refractivity contribution in [2.75, 3.05) is 0 Å². The summed E-state index contributed by atoms with van der Waals surface area (Å²) in [5.74, 6) is 2.93. The van der Waals surface area contributed by atoms with E-state index in [2.05, 4.69) is 20.1 Å². The summed E-state index contributed by atoms with van der Waals surface area (Å²) in [6.45, 7) is 0. The first kappa shape index (κ1) is 16.2. The Kier molecular flexibility index (Phi) is 4.19. The van der Waals surface area contributed by atoms with Crippen molar-refractivity contribution in [2.24, 2.45) is 0 Å². The third-order valence-corrected chi connectivity index (χ3v) is 5.69. The Balaban J connectivity index is 1.46. The van der Waals surface area contributed by atoms with E-state index in [-0.39, 0.29) is 0 Å². The van der Waals surface area contributed by atoms with Gasteiger partial charge in [-0.05, 0) is 29.6 Å². The van der Waals surface area contributed by atoms with Gasteiger partial charge in [0, 0.05) is 5.39 Å². The van der Waals surface area contributed by atoms with Gasteiger partial charge in [-0.15, -0.1) is 11.3 Å². The molecule has 0 atom stereocenters. The molecule has 5 aromatic rings. The van der Waals surface area contributed by atoms with Crippen molar-refractivity contribution in [3.63, 3.8) is 0 Å². The minimum absolute atomic E-state index is 0.546. The maximum Gasteiger partial charge on any atom is 0.268 e.